The molecule has 2 fully saturated rings. The molecule has 1 N–H and O–H groups in total. The third kappa shape index (κ3) is 3.35. The Balaban J connectivity index is 1.70. The number of hydrogen-bond acceptors (Lipinski definition) is 3. The van der Waals surface area contributed by atoms with Crippen molar-refractivity contribution in [3.63, 3.8) is 0 Å². The van der Waals surface area contributed by atoms with Crippen molar-refractivity contribution in [3.05, 3.63) is 22.4 Å². The van der Waals surface area contributed by atoms with E-state index in [9.17, 15) is 0 Å². The van der Waals surface area contributed by atoms with Crippen LogP contribution in [0.3, 0.4) is 0 Å². The highest BCUT2D eigenvalue weighted by molar-refractivity contribution is 7.07. The molecule has 1 aliphatic carbocycles. The zero-order chi connectivity index (χ0) is 15.1. The normalized spacial score (nSPS) is 31.5. The van der Waals surface area contributed by atoms with Crippen LogP contribution in [-0.4, -0.2) is 36.1 Å². The lowest BCUT2D eigenvalue weighted by atomic mass is 9.81. The first kappa shape index (κ1) is 15.5. The van der Waals surface area contributed by atoms with Crippen molar-refractivity contribution in [2.24, 2.45) is 11.3 Å². The van der Waals surface area contributed by atoms with Crippen LogP contribution in [0.2, 0.25) is 0 Å². The van der Waals surface area contributed by atoms with Crippen LogP contribution in [0.25, 0.3) is 0 Å². The number of piperazine rings is 1. The molecule has 2 aliphatic rings. The minimum atomic E-state index is 0.339. The number of hydrogen-bond donors (Lipinski definition) is 1. The van der Waals surface area contributed by atoms with Crippen LogP contribution in [0.4, 0.5) is 0 Å². The third-order valence-electron chi connectivity index (χ3n) is 5.58. The Kier molecular flexibility index (Phi) is 4.19. The summed E-state index contributed by atoms with van der Waals surface area (Å²) in [6.45, 7) is 13.1. The highest BCUT2D eigenvalue weighted by Crippen LogP contribution is 2.44. The summed E-state index contributed by atoms with van der Waals surface area (Å²) in [4.78, 5) is 2.80. The van der Waals surface area contributed by atoms with Crippen LogP contribution >= 0.6 is 11.3 Å². The van der Waals surface area contributed by atoms with Gasteiger partial charge >= 0.3 is 0 Å². The van der Waals surface area contributed by atoms with E-state index in [1.165, 1.54) is 37.9 Å². The quantitative estimate of drug-likeness (QED) is 0.911. The molecule has 0 amide bonds. The molecule has 3 heteroatoms. The topological polar surface area (TPSA) is 15.3 Å². The zero-order valence-corrected chi connectivity index (χ0v) is 14.8. The second-order valence-electron chi connectivity index (χ2n) is 8.26. The highest BCUT2D eigenvalue weighted by atomic mass is 32.1. The van der Waals surface area contributed by atoms with Crippen LogP contribution in [0.5, 0.6) is 0 Å². The molecule has 1 aromatic heterocycles. The van der Waals surface area contributed by atoms with Crippen LogP contribution in [0.1, 0.15) is 46.1 Å². The maximum atomic E-state index is 3.85. The zero-order valence-electron chi connectivity index (χ0n) is 14.0. The summed E-state index contributed by atoms with van der Waals surface area (Å²) in [5.41, 5.74) is 2.22. The molecular weight excluding hydrogens is 276 g/mol. The summed E-state index contributed by atoms with van der Waals surface area (Å²) in [6.07, 6.45) is 4.04. The van der Waals surface area contributed by atoms with Gasteiger partial charge in [-0.05, 0) is 59.9 Å². The molecule has 0 aromatic carbocycles. The molecule has 1 saturated carbocycles. The first-order valence-electron chi connectivity index (χ1n) is 8.39. The van der Waals surface area contributed by atoms with Gasteiger partial charge in [-0.2, -0.15) is 11.3 Å². The molecule has 3 rings (SSSR count). The Morgan fingerprint density at radius 3 is 2.71 bits per heavy atom. The number of nitrogens with zero attached hydrogens (tertiary/aromatic N) is 1. The van der Waals surface area contributed by atoms with E-state index in [0.29, 0.717) is 17.0 Å². The van der Waals surface area contributed by atoms with Crippen LogP contribution < -0.4 is 5.32 Å². The van der Waals surface area contributed by atoms with Gasteiger partial charge in [0, 0.05) is 31.2 Å². The SMILES string of the molecule is CC(C)(C)C1CN(CCc2ccsc2)C(C)(C2CC2)CN1. The lowest BCUT2D eigenvalue weighted by Crippen LogP contribution is -2.67. The standard InChI is InChI=1S/C18H30N2S/c1-17(2,3)16-11-20(9-7-14-8-10-21-12-14)18(4,13-19-16)15-5-6-15/h8,10,12,15-16,19H,5-7,9,11,13H2,1-4H3. The van der Waals surface area contributed by atoms with Crippen molar-refractivity contribution in [2.75, 3.05) is 19.6 Å². The fourth-order valence-electron chi connectivity index (χ4n) is 3.67. The van der Waals surface area contributed by atoms with E-state index in [2.05, 4.69) is 54.7 Å². The lowest BCUT2D eigenvalue weighted by molar-refractivity contribution is 0.0114. The maximum Gasteiger partial charge on any atom is 0.0334 e. The van der Waals surface area contributed by atoms with Gasteiger partial charge in [0.25, 0.3) is 0 Å². The average molecular weight is 307 g/mol. The lowest BCUT2D eigenvalue weighted by Gasteiger charge is -2.51. The molecule has 1 aliphatic heterocycles. The first-order valence-corrected chi connectivity index (χ1v) is 9.33. The molecule has 118 valence electrons. The fraction of sp³-hybridized carbons (Fsp3) is 0.778. The minimum absolute atomic E-state index is 0.339. The molecule has 0 spiro atoms. The summed E-state index contributed by atoms with van der Waals surface area (Å²) in [5.74, 6) is 0.911. The Morgan fingerprint density at radius 2 is 2.14 bits per heavy atom. The van der Waals surface area contributed by atoms with E-state index >= 15 is 0 Å². The Bertz CT molecular complexity index is 458. The highest BCUT2D eigenvalue weighted by Gasteiger charge is 2.49. The van der Waals surface area contributed by atoms with Crippen molar-refractivity contribution >= 4 is 11.3 Å². The summed E-state index contributed by atoms with van der Waals surface area (Å²) >= 11 is 1.82. The Morgan fingerprint density at radius 1 is 1.38 bits per heavy atom. The van der Waals surface area contributed by atoms with Gasteiger partial charge in [0.05, 0.1) is 0 Å². The molecule has 0 bridgehead atoms. The number of nitrogens with one attached hydrogen (secondary N) is 1. The van der Waals surface area contributed by atoms with Crippen molar-refractivity contribution in [3.8, 4) is 0 Å². The van der Waals surface area contributed by atoms with Crippen molar-refractivity contribution in [1.82, 2.24) is 10.2 Å². The molecule has 0 radical (unpaired) electrons. The van der Waals surface area contributed by atoms with E-state index in [4.69, 9.17) is 0 Å². The largest absolute Gasteiger partial charge is 0.310 e. The van der Waals surface area contributed by atoms with Gasteiger partial charge in [-0.1, -0.05) is 20.8 Å². The summed E-state index contributed by atoms with van der Waals surface area (Å²) in [7, 11) is 0. The van der Waals surface area contributed by atoms with Gasteiger partial charge in [-0.3, -0.25) is 4.90 Å². The molecule has 21 heavy (non-hydrogen) atoms. The molecular formula is C18H30N2S. The van der Waals surface area contributed by atoms with E-state index in [0.717, 1.165) is 12.5 Å². The van der Waals surface area contributed by atoms with Gasteiger partial charge in [0.1, 0.15) is 0 Å². The molecule has 1 saturated heterocycles. The number of rotatable bonds is 4. The van der Waals surface area contributed by atoms with Crippen LogP contribution in [0.15, 0.2) is 16.8 Å². The van der Waals surface area contributed by atoms with E-state index in [-0.39, 0.29) is 0 Å². The average Bonchev–Trinajstić information content (AvgIpc) is 3.15. The maximum absolute atomic E-state index is 3.85. The Labute approximate surface area is 133 Å². The van der Waals surface area contributed by atoms with E-state index < -0.39 is 0 Å². The third-order valence-corrected chi connectivity index (χ3v) is 6.32. The monoisotopic (exact) mass is 306 g/mol. The van der Waals surface area contributed by atoms with Gasteiger partial charge in [0.15, 0.2) is 0 Å². The molecule has 2 unspecified atom stereocenters. The molecule has 2 nitrogen and oxygen atoms in total. The fourth-order valence-corrected chi connectivity index (χ4v) is 4.37. The van der Waals surface area contributed by atoms with Crippen molar-refractivity contribution in [2.45, 2.75) is 58.5 Å². The first-order chi connectivity index (χ1) is 9.89. The second-order valence-corrected chi connectivity index (χ2v) is 9.04. The predicted octanol–water partition coefficient (Wildman–Crippen LogP) is 3.78. The van der Waals surface area contributed by atoms with Crippen LogP contribution in [-0.2, 0) is 6.42 Å². The van der Waals surface area contributed by atoms with Crippen molar-refractivity contribution in [1.29, 1.82) is 0 Å². The van der Waals surface area contributed by atoms with Gasteiger partial charge in [-0.25, -0.2) is 0 Å². The number of thiophene rings is 1. The summed E-state index contributed by atoms with van der Waals surface area (Å²) in [6, 6.07) is 2.88. The summed E-state index contributed by atoms with van der Waals surface area (Å²) < 4.78 is 0. The van der Waals surface area contributed by atoms with Gasteiger partial charge in [-0.15, -0.1) is 0 Å². The molecule has 2 atom stereocenters. The second kappa shape index (κ2) is 5.68. The smallest absolute Gasteiger partial charge is 0.0334 e. The van der Waals surface area contributed by atoms with E-state index in [1.54, 1.807) is 0 Å². The summed E-state index contributed by atoms with van der Waals surface area (Å²) in [5, 5.41) is 8.36. The Hall–Kier alpha value is -0.380. The van der Waals surface area contributed by atoms with Gasteiger partial charge < -0.3 is 5.32 Å². The van der Waals surface area contributed by atoms with E-state index in [1.807, 2.05) is 11.3 Å². The molecule has 1 aromatic rings. The van der Waals surface area contributed by atoms with Gasteiger partial charge in [0.2, 0.25) is 0 Å². The van der Waals surface area contributed by atoms with Crippen molar-refractivity contribution < 1.29 is 0 Å². The van der Waals surface area contributed by atoms with Crippen LogP contribution in [0, 0.1) is 11.3 Å². The minimum Gasteiger partial charge on any atom is -0.310 e. The predicted molar refractivity (Wildman–Crippen MR) is 92.0 cm³/mol. The molecule has 2 heterocycles.